The van der Waals surface area contributed by atoms with Crippen LogP contribution in [0.5, 0.6) is 5.75 Å². The van der Waals surface area contributed by atoms with E-state index in [1.165, 1.54) is 12.1 Å². The molecule has 0 aliphatic heterocycles. The number of amides is 1. The quantitative estimate of drug-likeness (QED) is 0.217. The van der Waals surface area contributed by atoms with Gasteiger partial charge in [-0.25, -0.2) is 4.39 Å². The topological polar surface area (TPSA) is 54.1 Å². The van der Waals surface area contributed by atoms with Crippen molar-refractivity contribution in [2.45, 2.75) is 24.3 Å². The van der Waals surface area contributed by atoms with E-state index in [0.717, 1.165) is 27.1 Å². The van der Waals surface area contributed by atoms with Crippen LogP contribution in [-0.2, 0) is 4.79 Å². The minimum Gasteiger partial charge on any atom is -0.478 e. The largest absolute Gasteiger partial charge is 0.478 e. The number of benzene rings is 3. The van der Waals surface area contributed by atoms with E-state index in [1.54, 1.807) is 62.0 Å². The lowest BCUT2D eigenvalue weighted by atomic mass is 10.1. The van der Waals surface area contributed by atoms with E-state index in [4.69, 9.17) is 16.3 Å². The monoisotopic (exact) mass is 482 g/mol. The number of nitrogens with one attached hydrogen (secondary N) is 2. The van der Waals surface area contributed by atoms with Crippen LogP contribution >= 0.6 is 23.4 Å². The molecule has 0 bridgehead atoms. The number of hydrogen-bond acceptors (Lipinski definition) is 3. The highest BCUT2D eigenvalue weighted by Gasteiger charge is 2.29. The number of halogens is 2. The van der Waals surface area contributed by atoms with Crippen molar-refractivity contribution in [2.24, 2.45) is 0 Å². The molecule has 0 saturated carbocycles. The minimum absolute atomic E-state index is 0.198. The number of carbonyl (C=O) groups is 1. The minimum atomic E-state index is -1.03. The molecule has 0 radical (unpaired) electrons. The van der Waals surface area contributed by atoms with Gasteiger partial charge in [0.2, 0.25) is 0 Å². The number of carbonyl (C=O) groups excluding carboxylic acids is 1. The van der Waals surface area contributed by atoms with E-state index in [1.807, 2.05) is 18.2 Å². The summed E-state index contributed by atoms with van der Waals surface area (Å²) < 4.78 is 19.3. The SMILES string of the molecule is CC(C)(Oc1ccc(Cl)cc1)C(=O)NCCSc1c(-c2ccc(F)cc2)[nH]c2ccccc12. The molecule has 7 heteroatoms. The summed E-state index contributed by atoms with van der Waals surface area (Å²) >= 11 is 7.55. The maximum Gasteiger partial charge on any atom is 0.263 e. The second kappa shape index (κ2) is 9.89. The van der Waals surface area contributed by atoms with Gasteiger partial charge in [0, 0.05) is 33.1 Å². The number of para-hydroxylation sites is 1. The van der Waals surface area contributed by atoms with Gasteiger partial charge < -0.3 is 15.0 Å². The van der Waals surface area contributed by atoms with Crippen molar-refractivity contribution >= 4 is 40.2 Å². The van der Waals surface area contributed by atoms with Gasteiger partial charge in [0.25, 0.3) is 5.91 Å². The number of H-pyrrole nitrogens is 1. The van der Waals surface area contributed by atoms with Crippen LogP contribution in [0.1, 0.15) is 13.8 Å². The van der Waals surface area contributed by atoms with Gasteiger partial charge in [-0.05, 0) is 74.0 Å². The highest BCUT2D eigenvalue weighted by molar-refractivity contribution is 7.99. The summed E-state index contributed by atoms with van der Waals surface area (Å²) in [6.45, 7) is 3.94. The fraction of sp³-hybridized carbons (Fsp3) is 0.192. The summed E-state index contributed by atoms with van der Waals surface area (Å²) in [5.41, 5.74) is 1.84. The lowest BCUT2D eigenvalue weighted by molar-refractivity contribution is -0.134. The lowest BCUT2D eigenvalue weighted by Gasteiger charge is -2.25. The third-order valence-corrected chi connectivity index (χ3v) is 6.53. The van der Waals surface area contributed by atoms with Crippen molar-refractivity contribution < 1.29 is 13.9 Å². The molecule has 3 aromatic carbocycles. The molecular formula is C26H24ClFN2O2S. The molecule has 0 fully saturated rings. The Balaban J connectivity index is 1.41. The first-order valence-corrected chi connectivity index (χ1v) is 11.9. The standard InChI is InChI=1S/C26H24ClFN2O2S/c1-26(2,32-20-13-9-18(27)10-14-20)25(31)29-15-16-33-24-21-5-3-4-6-22(21)30-23(24)17-7-11-19(28)12-8-17/h3-14,30H,15-16H2,1-2H3,(H,29,31). The fourth-order valence-electron chi connectivity index (χ4n) is 3.46. The smallest absolute Gasteiger partial charge is 0.263 e. The van der Waals surface area contributed by atoms with Gasteiger partial charge >= 0.3 is 0 Å². The molecule has 0 spiro atoms. The summed E-state index contributed by atoms with van der Waals surface area (Å²) in [7, 11) is 0. The summed E-state index contributed by atoms with van der Waals surface area (Å²) in [5, 5.41) is 4.67. The Labute approximate surface area is 201 Å². The Hall–Kier alpha value is -2.96. The normalized spacial score (nSPS) is 11.5. The highest BCUT2D eigenvalue weighted by Crippen LogP contribution is 2.37. The molecule has 0 saturated heterocycles. The predicted molar refractivity (Wildman–Crippen MR) is 134 cm³/mol. The zero-order chi connectivity index (χ0) is 23.4. The van der Waals surface area contributed by atoms with Crippen LogP contribution in [-0.4, -0.2) is 28.8 Å². The molecule has 0 unspecified atom stereocenters. The second-order valence-corrected chi connectivity index (χ2v) is 9.59. The van der Waals surface area contributed by atoms with Crippen LogP contribution in [0.4, 0.5) is 4.39 Å². The van der Waals surface area contributed by atoms with Gasteiger partial charge in [0.15, 0.2) is 5.60 Å². The van der Waals surface area contributed by atoms with Crippen molar-refractivity contribution in [3.05, 3.63) is 83.6 Å². The van der Waals surface area contributed by atoms with Crippen molar-refractivity contribution in [3.63, 3.8) is 0 Å². The number of aromatic amines is 1. The first kappa shape index (κ1) is 23.2. The predicted octanol–water partition coefficient (Wildman–Crippen LogP) is 6.69. The van der Waals surface area contributed by atoms with E-state index in [-0.39, 0.29) is 11.7 Å². The van der Waals surface area contributed by atoms with Crippen LogP contribution < -0.4 is 10.1 Å². The van der Waals surface area contributed by atoms with Crippen molar-refractivity contribution in [3.8, 4) is 17.0 Å². The Morgan fingerprint density at radius 3 is 2.48 bits per heavy atom. The zero-order valence-electron chi connectivity index (χ0n) is 18.3. The van der Waals surface area contributed by atoms with Gasteiger partial charge in [-0.1, -0.05) is 29.8 Å². The second-order valence-electron chi connectivity index (χ2n) is 8.05. The molecule has 1 heterocycles. The molecule has 33 heavy (non-hydrogen) atoms. The molecule has 2 N–H and O–H groups in total. The molecule has 0 aliphatic rings. The number of fused-ring (bicyclic) bond motifs is 1. The summed E-state index contributed by atoms with van der Waals surface area (Å²) in [6.07, 6.45) is 0. The third-order valence-electron chi connectivity index (χ3n) is 5.16. The molecule has 170 valence electrons. The summed E-state index contributed by atoms with van der Waals surface area (Å²) in [5.74, 6) is 0.779. The molecule has 0 aliphatic carbocycles. The van der Waals surface area contributed by atoms with Gasteiger partial charge in [0.1, 0.15) is 11.6 Å². The zero-order valence-corrected chi connectivity index (χ0v) is 19.9. The number of ether oxygens (including phenoxy) is 1. The van der Waals surface area contributed by atoms with Gasteiger partial charge in [0.05, 0.1) is 5.69 Å². The van der Waals surface area contributed by atoms with E-state index < -0.39 is 5.60 Å². The highest BCUT2D eigenvalue weighted by atomic mass is 35.5. The van der Waals surface area contributed by atoms with Gasteiger partial charge in [-0.3, -0.25) is 4.79 Å². The van der Waals surface area contributed by atoms with Crippen molar-refractivity contribution in [1.82, 2.24) is 10.3 Å². The average Bonchev–Trinajstić information content (AvgIpc) is 3.17. The Kier molecular flexibility index (Phi) is 6.96. The van der Waals surface area contributed by atoms with E-state index in [2.05, 4.69) is 16.4 Å². The Morgan fingerprint density at radius 2 is 1.76 bits per heavy atom. The van der Waals surface area contributed by atoms with Crippen molar-refractivity contribution in [1.29, 1.82) is 0 Å². The maximum atomic E-state index is 13.4. The lowest BCUT2D eigenvalue weighted by Crippen LogP contribution is -2.47. The molecule has 1 amide bonds. The summed E-state index contributed by atoms with van der Waals surface area (Å²) in [4.78, 5) is 17.2. The van der Waals surface area contributed by atoms with E-state index in [0.29, 0.717) is 23.1 Å². The number of thioether (sulfide) groups is 1. The molecule has 4 nitrogen and oxygen atoms in total. The maximum absolute atomic E-state index is 13.4. The molecule has 1 aromatic heterocycles. The fourth-order valence-corrected chi connectivity index (χ4v) is 4.64. The molecule has 4 rings (SSSR count). The Morgan fingerprint density at radius 1 is 1.06 bits per heavy atom. The van der Waals surface area contributed by atoms with Crippen molar-refractivity contribution in [2.75, 3.05) is 12.3 Å². The molecule has 4 aromatic rings. The van der Waals surface area contributed by atoms with E-state index >= 15 is 0 Å². The van der Waals surface area contributed by atoms with Crippen LogP contribution in [0.15, 0.2) is 77.7 Å². The third kappa shape index (κ3) is 5.52. The van der Waals surface area contributed by atoms with Gasteiger partial charge in [-0.2, -0.15) is 0 Å². The van der Waals surface area contributed by atoms with E-state index in [9.17, 15) is 9.18 Å². The molecular weight excluding hydrogens is 459 g/mol. The van der Waals surface area contributed by atoms with Crippen LogP contribution in [0.25, 0.3) is 22.2 Å². The average molecular weight is 483 g/mol. The molecule has 0 atom stereocenters. The van der Waals surface area contributed by atoms with Crippen LogP contribution in [0.3, 0.4) is 0 Å². The number of aromatic nitrogens is 1. The first-order chi connectivity index (χ1) is 15.8. The van der Waals surface area contributed by atoms with Crippen LogP contribution in [0.2, 0.25) is 5.02 Å². The number of rotatable bonds is 8. The van der Waals surface area contributed by atoms with Gasteiger partial charge in [-0.15, -0.1) is 11.8 Å². The first-order valence-electron chi connectivity index (χ1n) is 10.6. The number of hydrogen-bond donors (Lipinski definition) is 2. The van der Waals surface area contributed by atoms with Crippen LogP contribution in [0, 0.1) is 5.82 Å². The Bertz CT molecular complexity index is 1250. The summed E-state index contributed by atoms with van der Waals surface area (Å²) in [6, 6.07) is 21.4.